The van der Waals surface area contributed by atoms with E-state index in [1.165, 1.54) is 11.3 Å². The lowest BCUT2D eigenvalue weighted by atomic mass is 10.2. The standard InChI is InChI=1S/C17H17Cl2NO4S/c1-9-6-20(7-10(2)24-9)14(21)8-23-17(22)16-15(19)12-4-3-11(18)5-13(12)25-16/h3-5,9-10H,6-8H2,1-2H3. The summed E-state index contributed by atoms with van der Waals surface area (Å²) in [6.45, 7) is 4.48. The van der Waals surface area contributed by atoms with Crippen LogP contribution < -0.4 is 0 Å². The molecule has 2 heterocycles. The van der Waals surface area contributed by atoms with Crippen LogP contribution in [-0.4, -0.2) is 48.7 Å². The molecular formula is C17H17Cl2NO4S. The van der Waals surface area contributed by atoms with Gasteiger partial charge in [0.1, 0.15) is 4.88 Å². The Balaban J connectivity index is 1.66. The van der Waals surface area contributed by atoms with E-state index in [2.05, 4.69) is 0 Å². The normalized spacial score (nSPS) is 20.7. The Morgan fingerprint density at radius 2 is 1.96 bits per heavy atom. The Morgan fingerprint density at radius 1 is 1.28 bits per heavy atom. The van der Waals surface area contributed by atoms with E-state index in [0.29, 0.717) is 23.1 Å². The van der Waals surface area contributed by atoms with Gasteiger partial charge in [0.2, 0.25) is 0 Å². The molecule has 1 aliphatic rings. The van der Waals surface area contributed by atoms with Gasteiger partial charge in [0.25, 0.3) is 5.91 Å². The summed E-state index contributed by atoms with van der Waals surface area (Å²) in [7, 11) is 0. The van der Waals surface area contributed by atoms with Crippen LogP contribution in [0.2, 0.25) is 10.0 Å². The molecule has 3 rings (SSSR count). The molecule has 0 aliphatic carbocycles. The van der Waals surface area contributed by atoms with E-state index in [0.717, 1.165) is 10.1 Å². The van der Waals surface area contributed by atoms with Crippen LogP contribution in [0, 0.1) is 0 Å². The van der Waals surface area contributed by atoms with E-state index in [4.69, 9.17) is 32.7 Å². The summed E-state index contributed by atoms with van der Waals surface area (Å²) in [5.74, 6) is -0.847. The average Bonchev–Trinajstić information content (AvgIpc) is 2.87. The summed E-state index contributed by atoms with van der Waals surface area (Å²) in [5.41, 5.74) is 0. The first kappa shape index (κ1) is 18.5. The lowest BCUT2D eigenvalue weighted by molar-refractivity contribution is -0.146. The molecule has 8 heteroatoms. The molecular weight excluding hydrogens is 385 g/mol. The molecule has 0 radical (unpaired) electrons. The van der Waals surface area contributed by atoms with E-state index < -0.39 is 5.97 Å². The molecule has 5 nitrogen and oxygen atoms in total. The Kier molecular flexibility index (Phi) is 5.53. The highest BCUT2D eigenvalue weighted by molar-refractivity contribution is 7.21. The molecule has 1 aliphatic heterocycles. The molecule has 2 unspecified atom stereocenters. The molecule has 0 bridgehead atoms. The molecule has 1 aromatic carbocycles. The van der Waals surface area contributed by atoms with Crippen molar-refractivity contribution in [2.75, 3.05) is 19.7 Å². The molecule has 134 valence electrons. The minimum absolute atomic E-state index is 0.0369. The fourth-order valence-electron chi connectivity index (χ4n) is 2.84. The second kappa shape index (κ2) is 7.50. The number of hydrogen-bond donors (Lipinski definition) is 0. The molecule has 1 saturated heterocycles. The average molecular weight is 402 g/mol. The number of fused-ring (bicyclic) bond motifs is 1. The summed E-state index contributed by atoms with van der Waals surface area (Å²) < 4.78 is 11.6. The van der Waals surface area contributed by atoms with Gasteiger partial charge >= 0.3 is 5.97 Å². The molecule has 0 spiro atoms. The van der Waals surface area contributed by atoms with Crippen LogP contribution in [0.25, 0.3) is 10.1 Å². The summed E-state index contributed by atoms with van der Waals surface area (Å²) >= 11 is 13.4. The van der Waals surface area contributed by atoms with E-state index in [9.17, 15) is 9.59 Å². The quantitative estimate of drug-likeness (QED) is 0.729. The summed E-state index contributed by atoms with van der Waals surface area (Å²) in [5, 5.41) is 1.63. The van der Waals surface area contributed by atoms with Crippen molar-refractivity contribution in [1.29, 1.82) is 0 Å². The van der Waals surface area contributed by atoms with Crippen LogP contribution in [-0.2, 0) is 14.3 Å². The second-order valence-corrected chi connectivity index (χ2v) is 7.88. The van der Waals surface area contributed by atoms with Gasteiger partial charge in [0.05, 0.1) is 17.2 Å². The number of halogens is 2. The zero-order chi connectivity index (χ0) is 18.1. The smallest absolute Gasteiger partial charge is 0.350 e. The van der Waals surface area contributed by atoms with Crippen molar-refractivity contribution in [3.63, 3.8) is 0 Å². The third-order valence-electron chi connectivity index (χ3n) is 3.88. The van der Waals surface area contributed by atoms with Gasteiger partial charge in [-0.05, 0) is 26.0 Å². The topological polar surface area (TPSA) is 55.8 Å². The number of amides is 1. The van der Waals surface area contributed by atoms with Crippen molar-refractivity contribution < 1.29 is 19.1 Å². The minimum Gasteiger partial charge on any atom is -0.451 e. The molecule has 0 saturated carbocycles. The molecule has 0 N–H and O–H groups in total. The number of morpholine rings is 1. The van der Waals surface area contributed by atoms with E-state index in [-0.39, 0.29) is 29.6 Å². The number of ether oxygens (including phenoxy) is 2. The van der Waals surface area contributed by atoms with Crippen LogP contribution in [0.4, 0.5) is 0 Å². The van der Waals surface area contributed by atoms with E-state index >= 15 is 0 Å². The van der Waals surface area contributed by atoms with E-state index in [1.807, 2.05) is 13.8 Å². The third kappa shape index (κ3) is 4.08. The van der Waals surface area contributed by atoms with Crippen LogP contribution in [0.15, 0.2) is 18.2 Å². The number of rotatable bonds is 3. The Labute approximate surface area is 159 Å². The molecule has 1 amide bonds. The van der Waals surface area contributed by atoms with Crippen LogP contribution in [0.5, 0.6) is 0 Å². The predicted molar refractivity (Wildman–Crippen MR) is 98.7 cm³/mol. The molecule has 1 aromatic heterocycles. The summed E-state index contributed by atoms with van der Waals surface area (Å²) in [4.78, 5) is 26.5. The Bertz CT molecular complexity index is 812. The van der Waals surface area contributed by atoms with Crippen molar-refractivity contribution in [3.05, 3.63) is 33.1 Å². The Morgan fingerprint density at radius 3 is 2.64 bits per heavy atom. The van der Waals surface area contributed by atoms with Crippen LogP contribution >= 0.6 is 34.5 Å². The number of esters is 1. The highest BCUT2D eigenvalue weighted by Crippen LogP contribution is 2.37. The first-order valence-electron chi connectivity index (χ1n) is 7.83. The van der Waals surface area contributed by atoms with Gasteiger partial charge in [0, 0.05) is 28.2 Å². The second-order valence-electron chi connectivity index (χ2n) is 6.02. The largest absolute Gasteiger partial charge is 0.451 e. The summed E-state index contributed by atoms with van der Waals surface area (Å²) in [6.07, 6.45) is -0.0737. The van der Waals surface area contributed by atoms with Crippen molar-refractivity contribution in [3.8, 4) is 0 Å². The first-order chi connectivity index (χ1) is 11.8. The van der Waals surface area contributed by atoms with E-state index in [1.54, 1.807) is 23.1 Å². The van der Waals surface area contributed by atoms with Crippen molar-refractivity contribution in [2.24, 2.45) is 0 Å². The van der Waals surface area contributed by atoms with Gasteiger partial charge in [-0.3, -0.25) is 4.79 Å². The summed E-state index contributed by atoms with van der Waals surface area (Å²) in [6, 6.07) is 5.21. The maximum atomic E-state index is 12.3. The fourth-order valence-corrected chi connectivity index (χ4v) is 4.51. The predicted octanol–water partition coefficient (Wildman–Crippen LogP) is 4.00. The van der Waals surface area contributed by atoms with Crippen LogP contribution in [0.3, 0.4) is 0 Å². The molecule has 25 heavy (non-hydrogen) atoms. The van der Waals surface area contributed by atoms with Crippen LogP contribution in [0.1, 0.15) is 23.5 Å². The number of carbonyl (C=O) groups is 2. The number of nitrogens with zero attached hydrogens (tertiary/aromatic N) is 1. The van der Waals surface area contributed by atoms with Gasteiger partial charge in [-0.1, -0.05) is 29.3 Å². The Hall–Kier alpha value is -1.34. The number of carbonyl (C=O) groups excluding carboxylic acids is 2. The molecule has 1 fully saturated rings. The number of benzene rings is 1. The lowest BCUT2D eigenvalue weighted by Gasteiger charge is -2.35. The zero-order valence-corrected chi connectivity index (χ0v) is 16.1. The highest BCUT2D eigenvalue weighted by Gasteiger charge is 2.27. The van der Waals surface area contributed by atoms with Gasteiger partial charge < -0.3 is 14.4 Å². The van der Waals surface area contributed by atoms with Crippen molar-refractivity contribution in [2.45, 2.75) is 26.1 Å². The van der Waals surface area contributed by atoms with Gasteiger partial charge in [0.15, 0.2) is 6.61 Å². The lowest BCUT2D eigenvalue weighted by Crippen LogP contribution is -2.49. The number of hydrogen-bond acceptors (Lipinski definition) is 5. The maximum absolute atomic E-state index is 12.3. The third-order valence-corrected chi connectivity index (χ3v) is 5.75. The maximum Gasteiger partial charge on any atom is 0.350 e. The molecule has 2 atom stereocenters. The first-order valence-corrected chi connectivity index (χ1v) is 9.40. The number of thiophene rings is 1. The SMILES string of the molecule is CC1CN(C(=O)COC(=O)c2sc3cc(Cl)ccc3c2Cl)CC(C)O1. The fraction of sp³-hybridized carbons (Fsp3) is 0.412. The van der Waals surface area contributed by atoms with Crippen molar-refractivity contribution >= 4 is 56.5 Å². The van der Waals surface area contributed by atoms with Gasteiger partial charge in [-0.15, -0.1) is 11.3 Å². The monoisotopic (exact) mass is 401 g/mol. The zero-order valence-electron chi connectivity index (χ0n) is 13.8. The minimum atomic E-state index is -0.606. The van der Waals surface area contributed by atoms with Gasteiger partial charge in [-0.25, -0.2) is 4.79 Å². The molecule has 2 aromatic rings. The highest BCUT2D eigenvalue weighted by atomic mass is 35.5. The van der Waals surface area contributed by atoms with Gasteiger partial charge in [-0.2, -0.15) is 0 Å². The van der Waals surface area contributed by atoms with Crippen molar-refractivity contribution in [1.82, 2.24) is 4.90 Å².